The monoisotopic (exact) mass is 387 g/mol. The Bertz CT molecular complexity index is 839. The van der Waals surface area contributed by atoms with Gasteiger partial charge in [0.15, 0.2) is 0 Å². The van der Waals surface area contributed by atoms with Gasteiger partial charge in [-0.2, -0.15) is 5.26 Å². The van der Waals surface area contributed by atoms with Crippen LogP contribution in [0.3, 0.4) is 0 Å². The van der Waals surface area contributed by atoms with Crippen molar-refractivity contribution >= 4 is 27.9 Å². The van der Waals surface area contributed by atoms with E-state index in [4.69, 9.17) is 5.11 Å². The summed E-state index contributed by atoms with van der Waals surface area (Å²) in [7, 11) is 0. The summed E-state index contributed by atoms with van der Waals surface area (Å²) in [5, 5.41) is 28.3. The molecular formula is C18H14BrNO4. The summed E-state index contributed by atoms with van der Waals surface area (Å²) in [5.41, 5.74) is 2.70. The van der Waals surface area contributed by atoms with E-state index in [1.165, 1.54) is 12.1 Å². The lowest BCUT2D eigenvalue weighted by Gasteiger charge is -2.12. The summed E-state index contributed by atoms with van der Waals surface area (Å²) in [6.07, 6.45) is 0.966. The average molecular weight is 388 g/mol. The highest BCUT2D eigenvalue weighted by atomic mass is 79.9. The number of benzene rings is 2. The van der Waals surface area contributed by atoms with Gasteiger partial charge in [0.05, 0.1) is 22.8 Å². The van der Waals surface area contributed by atoms with Crippen molar-refractivity contribution in [1.29, 1.82) is 5.26 Å². The highest BCUT2D eigenvalue weighted by molar-refractivity contribution is 9.09. The van der Waals surface area contributed by atoms with Crippen LogP contribution in [0.5, 0.6) is 0 Å². The van der Waals surface area contributed by atoms with E-state index < -0.39 is 11.9 Å². The smallest absolute Gasteiger partial charge is 0.336 e. The van der Waals surface area contributed by atoms with Crippen LogP contribution in [-0.4, -0.2) is 27.5 Å². The number of nitriles is 1. The maximum absolute atomic E-state index is 11.5. The Kier molecular flexibility index (Phi) is 5.72. The zero-order valence-electron chi connectivity index (χ0n) is 12.6. The molecule has 24 heavy (non-hydrogen) atoms. The van der Waals surface area contributed by atoms with Gasteiger partial charge in [-0.05, 0) is 47.7 Å². The fraction of sp³-hybridized carbons (Fsp3) is 0.167. The van der Waals surface area contributed by atoms with Crippen LogP contribution >= 0.6 is 15.9 Å². The molecule has 0 heterocycles. The van der Waals surface area contributed by atoms with Crippen LogP contribution in [-0.2, 0) is 12.8 Å². The van der Waals surface area contributed by atoms with Gasteiger partial charge in [0, 0.05) is 5.33 Å². The quantitative estimate of drug-likeness (QED) is 0.739. The summed E-state index contributed by atoms with van der Waals surface area (Å²) in [6.45, 7) is 0. The Balaban J connectivity index is 2.50. The number of carboxylic acids is 2. The van der Waals surface area contributed by atoms with Crippen molar-refractivity contribution in [2.75, 3.05) is 5.33 Å². The van der Waals surface area contributed by atoms with Gasteiger partial charge in [0.25, 0.3) is 0 Å². The van der Waals surface area contributed by atoms with Crippen LogP contribution in [0.2, 0.25) is 0 Å². The third kappa shape index (κ3) is 3.81. The topological polar surface area (TPSA) is 98.4 Å². The van der Waals surface area contributed by atoms with Gasteiger partial charge in [0.2, 0.25) is 0 Å². The number of carbonyl (C=O) groups is 2. The number of halogens is 1. The van der Waals surface area contributed by atoms with Crippen LogP contribution in [0.4, 0.5) is 0 Å². The minimum Gasteiger partial charge on any atom is -0.478 e. The van der Waals surface area contributed by atoms with E-state index in [0.717, 1.165) is 17.2 Å². The molecule has 6 heteroatoms. The summed E-state index contributed by atoms with van der Waals surface area (Å²) in [4.78, 5) is 22.5. The van der Waals surface area contributed by atoms with E-state index >= 15 is 0 Å². The number of carboxylic acid groups (broad SMARTS) is 2. The molecular weight excluding hydrogens is 374 g/mol. The first kappa shape index (κ1) is 17.7. The van der Waals surface area contributed by atoms with Crippen LogP contribution < -0.4 is 0 Å². The molecule has 0 aliphatic rings. The lowest BCUT2D eigenvalue weighted by Crippen LogP contribution is -2.08. The van der Waals surface area contributed by atoms with Gasteiger partial charge in [-0.1, -0.05) is 34.1 Å². The summed E-state index contributed by atoms with van der Waals surface area (Å²) >= 11 is 3.36. The van der Waals surface area contributed by atoms with Crippen LogP contribution in [0, 0.1) is 11.3 Å². The summed E-state index contributed by atoms with van der Waals surface area (Å²) in [5.74, 6) is -2.35. The third-order valence-electron chi connectivity index (χ3n) is 3.71. The van der Waals surface area contributed by atoms with Gasteiger partial charge in [0.1, 0.15) is 0 Å². The number of nitrogens with zero attached hydrogens (tertiary/aromatic N) is 1. The van der Waals surface area contributed by atoms with E-state index in [1.54, 1.807) is 12.1 Å². The molecule has 0 spiro atoms. The van der Waals surface area contributed by atoms with E-state index in [-0.39, 0.29) is 11.1 Å². The molecule has 0 aromatic heterocycles. The second kappa shape index (κ2) is 7.75. The first-order chi connectivity index (χ1) is 11.5. The molecule has 5 nitrogen and oxygen atoms in total. The van der Waals surface area contributed by atoms with Gasteiger partial charge in [-0.15, -0.1) is 0 Å². The number of hydrogen-bond donors (Lipinski definition) is 2. The summed E-state index contributed by atoms with van der Waals surface area (Å²) < 4.78 is 0. The molecule has 0 fully saturated rings. The first-order valence-electron chi connectivity index (χ1n) is 7.14. The predicted octanol–water partition coefficient (Wildman–Crippen LogP) is 3.48. The molecule has 2 aromatic carbocycles. The molecule has 0 amide bonds. The van der Waals surface area contributed by atoms with Crippen LogP contribution in [0.1, 0.15) is 43.0 Å². The number of hydrogen-bond acceptors (Lipinski definition) is 3. The van der Waals surface area contributed by atoms with Crippen LogP contribution in [0.15, 0.2) is 36.4 Å². The zero-order valence-corrected chi connectivity index (χ0v) is 14.2. The van der Waals surface area contributed by atoms with Crippen molar-refractivity contribution in [3.8, 4) is 6.07 Å². The standard InChI is InChI=1S/C18H14BrNO4/c19-7-6-15-11(2-1-3-14(15)10-20)8-12-4-5-13(17(21)22)9-16(12)18(23)24/h1-5,9H,6-8H2,(H,21,22)(H,23,24). The van der Waals surface area contributed by atoms with Crippen LogP contribution in [0.25, 0.3) is 0 Å². The molecule has 0 atom stereocenters. The molecule has 0 saturated heterocycles. The molecule has 2 aromatic rings. The second-order valence-corrected chi connectivity index (χ2v) is 5.95. The molecule has 0 bridgehead atoms. The average Bonchev–Trinajstić information content (AvgIpc) is 2.56. The number of alkyl halides is 1. The van der Waals surface area contributed by atoms with E-state index in [2.05, 4.69) is 22.0 Å². The molecule has 2 rings (SSSR count). The van der Waals surface area contributed by atoms with Crippen molar-refractivity contribution in [3.05, 3.63) is 69.8 Å². The van der Waals surface area contributed by atoms with Gasteiger partial charge < -0.3 is 10.2 Å². The molecule has 0 aliphatic carbocycles. The molecule has 0 saturated carbocycles. The van der Waals surface area contributed by atoms with Gasteiger partial charge in [-0.3, -0.25) is 0 Å². The van der Waals surface area contributed by atoms with E-state index in [1.807, 2.05) is 6.07 Å². The summed E-state index contributed by atoms with van der Waals surface area (Å²) in [6, 6.07) is 11.6. The molecule has 2 N–H and O–H groups in total. The van der Waals surface area contributed by atoms with Crippen molar-refractivity contribution in [2.45, 2.75) is 12.8 Å². The Morgan fingerprint density at radius 1 is 1.08 bits per heavy atom. The maximum Gasteiger partial charge on any atom is 0.336 e. The predicted molar refractivity (Wildman–Crippen MR) is 91.8 cm³/mol. The first-order valence-corrected chi connectivity index (χ1v) is 8.26. The fourth-order valence-corrected chi connectivity index (χ4v) is 2.96. The molecule has 0 radical (unpaired) electrons. The zero-order chi connectivity index (χ0) is 17.7. The molecule has 122 valence electrons. The van der Waals surface area contributed by atoms with Crippen molar-refractivity contribution in [3.63, 3.8) is 0 Å². The fourth-order valence-electron chi connectivity index (χ4n) is 2.56. The second-order valence-electron chi connectivity index (χ2n) is 5.15. The minimum atomic E-state index is -1.17. The molecule has 0 aliphatic heterocycles. The normalized spacial score (nSPS) is 10.2. The third-order valence-corrected chi connectivity index (χ3v) is 4.10. The largest absolute Gasteiger partial charge is 0.478 e. The lowest BCUT2D eigenvalue weighted by atomic mass is 9.92. The van der Waals surface area contributed by atoms with Gasteiger partial charge in [-0.25, -0.2) is 9.59 Å². The van der Waals surface area contributed by atoms with E-state index in [9.17, 15) is 20.0 Å². The maximum atomic E-state index is 11.5. The SMILES string of the molecule is N#Cc1cccc(Cc2ccc(C(=O)O)cc2C(=O)O)c1CCBr. The van der Waals surface area contributed by atoms with Gasteiger partial charge >= 0.3 is 11.9 Å². The highest BCUT2D eigenvalue weighted by Crippen LogP contribution is 2.22. The number of aromatic carboxylic acids is 2. The molecule has 0 unspecified atom stereocenters. The lowest BCUT2D eigenvalue weighted by molar-refractivity contribution is 0.0695. The Morgan fingerprint density at radius 2 is 1.83 bits per heavy atom. The Hall–Kier alpha value is -2.65. The minimum absolute atomic E-state index is 0.0398. The van der Waals surface area contributed by atoms with Crippen molar-refractivity contribution < 1.29 is 19.8 Å². The van der Waals surface area contributed by atoms with Crippen molar-refractivity contribution in [2.24, 2.45) is 0 Å². The van der Waals surface area contributed by atoms with E-state index in [0.29, 0.717) is 29.3 Å². The number of rotatable bonds is 6. The van der Waals surface area contributed by atoms with Crippen molar-refractivity contribution in [1.82, 2.24) is 0 Å². The Morgan fingerprint density at radius 3 is 2.42 bits per heavy atom. The Labute approximate surface area is 147 Å². The highest BCUT2D eigenvalue weighted by Gasteiger charge is 2.16.